The quantitative estimate of drug-likeness (QED) is 0.290. The summed E-state index contributed by atoms with van der Waals surface area (Å²) in [5, 5.41) is 23.7. The molecule has 0 amide bonds. The molecule has 0 saturated heterocycles. The summed E-state index contributed by atoms with van der Waals surface area (Å²) in [4.78, 5) is 16.8. The Balaban J connectivity index is 1.40. The molecule has 0 aliphatic carbocycles. The summed E-state index contributed by atoms with van der Waals surface area (Å²) < 4.78 is 43.5. The molecule has 0 fully saturated rings. The van der Waals surface area contributed by atoms with Gasteiger partial charge in [-0.1, -0.05) is 23.9 Å². The second kappa shape index (κ2) is 10.3. The van der Waals surface area contributed by atoms with Crippen molar-refractivity contribution >= 4 is 28.9 Å². The molecule has 13 heteroatoms. The zero-order chi connectivity index (χ0) is 25.0. The number of thioether (sulfide) groups is 1. The molecule has 0 bridgehead atoms. The molecule has 0 radical (unpaired) electrons. The summed E-state index contributed by atoms with van der Waals surface area (Å²) in [7, 11) is 0. The van der Waals surface area contributed by atoms with Gasteiger partial charge >= 0.3 is 6.36 Å². The van der Waals surface area contributed by atoms with E-state index in [1.807, 2.05) is 0 Å². The van der Waals surface area contributed by atoms with Crippen molar-refractivity contribution in [2.24, 2.45) is 5.10 Å². The van der Waals surface area contributed by atoms with Gasteiger partial charge in [0, 0.05) is 5.75 Å². The van der Waals surface area contributed by atoms with Crippen LogP contribution in [0, 0.1) is 6.92 Å². The van der Waals surface area contributed by atoms with Crippen LogP contribution in [-0.4, -0.2) is 54.0 Å². The third kappa shape index (κ3) is 6.25. The molecule has 182 valence electrons. The van der Waals surface area contributed by atoms with E-state index in [4.69, 9.17) is 0 Å². The van der Waals surface area contributed by atoms with Gasteiger partial charge in [-0.05, 0) is 48.9 Å². The number of hydrogen-bond donors (Lipinski definition) is 1. The predicted octanol–water partition coefficient (Wildman–Crippen LogP) is 3.23. The van der Waals surface area contributed by atoms with E-state index < -0.39 is 12.5 Å². The van der Waals surface area contributed by atoms with Gasteiger partial charge < -0.3 is 9.84 Å². The number of aromatic nitrogens is 5. The van der Waals surface area contributed by atoms with Crippen molar-refractivity contribution in [2.75, 3.05) is 5.75 Å². The Hall–Kier alpha value is -3.71. The maximum absolute atomic E-state index is 12.6. The first-order valence-electron chi connectivity index (χ1n) is 10.3. The third-order valence-electron chi connectivity index (χ3n) is 4.75. The molecular formula is C22H19F3N6O3S. The molecule has 1 atom stereocenters. The average Bonchev–Trinajstić information content (AvgIpc) is 3.17. The minimum Gasteiger partial charge on any atom is -0.406 e. The molecule has 4 rings (SSSR count). The Kier molecular flexibility index (Phi) is 7.17. The standard InChI is InChI=1S/C22H19F3N6O3S/c1-14-28-29-21(31(14)27-10-15-6-8-17(9-7-15)34-22(23,24)25)35-12-16(32)11-30-13-26-19-5-3-2-4-18(19)20(30)33/h2-10,13,16,32H,11-12H2,1H3. The number of aryl methyl sites for hydroxylation is 1. The number of aliphatic hydroxyl groups excluding tert-OH is 1. The van der Waals surface area contributed by atoms with Crippen LogP contribution in [0.3, 0.4) is 0 Å². The molecule has 0 aliphatic heterocycles. The van der Waals surface area contributed by atoms with Crippen LogP contribution in [0.4, 0.5) is 13.2 Å². The normalized spacial score (nSPS) is 12.9. The lowest BCUT2D eigenvalue weighted by Gasteiger charge is -2.12. The van der Waals surface area contributed by atoms with Crippen LogP contribution in [0.2, 0.25) is 0 Å². The number of alkyl halides is 3. The maximum atomic E-state index is 12.6. The molecule has 1 N–H and O–H groups in total. The van der Waals surface area contributed by atoms with E-state index in [-0.39, 0.29) is 23.6 Å². The van der Waals surface area contributed by atoms with E-state index in [0.717, 1.165) is 0 Å². The van der Waals surface area contributed by atoms with Crippen LogP contribution in [0.15, 0.2) is 69.9 Å². The summed E-state index contributed by atoms with van der Waals surface area (Å²) in [5.74, 6) is 0.349. The van der Waals surface area contributed by atoms with Gasteiger partial charge in [0.25, 0.3) is 5.56 Å². The number of hydrogen-bond acceptors (Lipinski definition) is 8. The fraction of sp³-hybridized carbons (Fsp3) is 0.227. The summed E-state index contributed by atoms with van der Waals surface area (Å²) in [6.07, 6.45) is -2.80. The Labute approximate surface area is 200 Å². The molecule has 4 aromatic rings. The van der Waals surface area contributed by atoms with Crippen molar-refractivity contribution in [3.63, 3.8) is 0 Å². The highest BCUT2D eigenvalue weighted by Crippen LogP contribution is 2.23. The number of ether oxygens (including phenoxy) is 1. The molecule has 2 aromatic carbocycles. The number of fused-ring (bicyclic) bond motifs is 1. The van der Waals surface area contributed by atoms with Crippen molar-refractivity contribution in [3.05, 3.63) is 76.6 Å². The van der Waals surface area contributed by atoms with Crippen LogP contribution in [0.25, 0.3) is 10.9 Å². The Morgan fingerprint density at radius 3 is 2.66 bits per heavy atom. The van der Waals surface area contributed by atoms with Crippen LogP contribution < -0.4 is 10.3 Å². The lowest BCUT2D eigenvalue weighted by atomic mass is 10.2. The molecule has 1 unspecified atom stereocenters. The van der Waals surface area contributed by atoms with Gasteiger partial charge in [0.05, 0.1) is 36.1 Å². The zero-order valence-corrected chi connectivity index (χ0v) is 19.1. The largest absolute Gasteiger partial charge is 0.573 e. The lowest BCUT2D eigenvalue weighted by molar-refractivity contribution is -0.274. The lowest BCUT2D eigenvalue weighted by Crippen LogP contribution is -2.28. The first-order chi connectivity index (χ1) is 16.7. The number of benzene rings is 2. The number of rotatable bonds is 8. The Morgan fingerprint density at radius 2 is 1.91 bits per heavy atom. The van der Waals surface area contributed by atoms with E-state index in [2.05, 4.69) is 25.0 Å². The van der Waals surface area contributed by atoms with E-state index in [0.29, 0.717) is 27.4 Å². The van der Waals surface area contributed by atoms with E-state index in [1.165, 1.54) is 57.8 Å². The SMILES string of the molecule is Cc1nnc(SCC(O)Cn2cnc3ccccc3c2=O)n1N=Cc1ccc(OC(F)(F)F)cc1. The summed E-state index contributed by atoms with van der Waals surface area (Å²) in [5.41, 5.74) is 0.878. The predicted molar refractivity (Wildman–Crippen MR) is 124 cm³/mol. The molecule has 0 spiro atoms. The minimum atomic E-state index is -4.76. The van der Waals surface area contributed by atoms with E-state index in [1.54, 1.807) is 31.2 Å². The third-order valence-corrected chi connectivity index (χ3v) is 5.81. The van der Waals surface area contributed by atoms with Crippen LogP contribution >= 0.6 is 11.8 Å². The monoisotopic (exact) mass is 504 g/mol. The highest BCUT2D eigenvalue weighted by atomic mass is 32.2. The first kappa shape index (κ1) is 24.4. The van der Waals surface area contributed by atoms with Gasteiger partial charge in [0.1, 0.15) is 5.75 Å². The fourth-order valence-corrected chi connectivity index (χ4v) is 3.97. The van der Waals surface area contributed by atoms with Gasteiger partial charge in [-0.2, -0.15) is 9.78 Å². The topological polar surface area (TPSA) is 107 Å². The molecule has 0 saturated carbocycles. The molecular weight excluding hydrogens is 485 g/mol. The summed E-state index contributed by atoms with van der Waals surface area (Å²) in [6, 6.07) is 12.2. The molecule has 2 aromatic heterocycles. The fourth-order valence-electron chi connectivity index (χ4n) is 3.13. The number of halogens is 3. The average molecular weight is 504 g/mol. The zero-order valence-electron chi connectivity index (χ0n) is 18.3. The summed E-state index contributed by atoms with van der Waals surface area (Å²) in [6.45, 7) is 1.73. The van der Waals surface area contributed by atoms with Crippen molar-refractivity contribution in [2.45, 2.75) is 31.1 Å². The van der Waals surface area contributed by atoms with E-state index >= 15 is 0 Å². The van der Waals surface area contributed by atoms with Gasteiger partial charge in [0.15, 0.2) is 5.82 Å². The molecule has 0 aliphatic rings. The van der Waals surface area contributed by atoms with Gasteiger partial charge in [0.2, 0.25) is 5.16 Å². The number of para-hydroxylation sites is 1. The Bertz CT molecular complexity index is 1400. The second-order valence-corrected chi connectivity index (χ2v) is 8.37. The number of aliphatic hydroxyl groups is 1. The van der Waals surface area contributed by atoms with E-state index in [9.17, 15) is 23.1 Å². The van der Waals surface area contributed by atoms with Crippen molar-refractivity contribution in [1.29, 1.82) is 0 Å². The van der Waals surface area contributed by atoms with Gasteiger partial charge in [-0.25, -0.2) is 4.98 Å². The number of nitrogens with zero attached hydrogens (tertiary/aromatic N) is 6. The molecule has 35 heavy (non-hydrogen) atoms. The summed E-state index contributed by atoms with van der Waals surface area (Å²) >= 11 is 1.19. The maximum Gasteiger partial charge on any atom is 0.573 e. The molecule has 2 heterocycles. The Morgan fingerprint density at radius 1 is 1.17 bits per heavy atom. The van der Waals surface area contributed by atoms with Crippen molar-refractivity contribution in [3.8, 4) is 5.75 Å². The van der Waals surface area contributed by atoms with Crippen LogP contribution in [0.1, 0.15) is 11.4 Å². The second-order valence-electron chi connectivity index (χ2n) is 7.39. The van der Waals surface area contributed by atoms with Crippen molar-refractivity contribution in [1.82, 2.24) is 24.4 Å². The van der Waals surface area contributed by atoms with Crippen molar-refractivity contribution < 1.29 is 23.0 Å². The smallest absolute Gasteiger partial charge is 0.406 e. The van der Waals surface area contributed by atoms with Gasteiger partial charge in [-0.15, -0.1) is 23.4 Å². The first-order valence-corrected chi connectivity index (χ1v) is 11.3. The van der Waals surface area contributed by atoms with Gasteiger partial charge in [-0.3, -0.25) is 9.36 Å². The molecule has 9 nitrogen and oxygen atoms in total. The highest BCUT2D eigenvalue weighted by Gasteiger charge is 2.30. The highest BCUT2D eigenvalue weighted by molar-refractivity contribution is 7.99. The minimum absolute atomic E-state index is 0.0480. The van der Waals surface area contributed by atoms with Crippen LogP contribution in [-0.2, 0) is 6.54 Å². The van der Waals surface area contributed by atoms with Crippen LogP contribution in [0.5, 0.6) is 5.75 Å².